The molecule has 1 saturated heterocycles. The van der Waals surface area contributed by atoms with Gasteiger partial charge in [0.2, 0.25) is 10.0 Å². The van der Waals surface area contributed by atoms with Crippen LogP contribution in [-0.4, -0.2) is 68.2 Å². The number of sulfonamides is 1. The van der Waals surface area contributed by atoms with E-state index in [9.17, 15) is 22.7 Å². The van der Waals surface area contributed by atoms with Crippen molar-refractivity contribution in [2.24, 2.45) is 10.2 Å². The molecule has 2 aromatic rings. The maximum atomic E-state index is 13.8. The average molecular weight is 492 g/mol. The molecule has 1 amide bonds. The summed E-state index contributed by atoms with van der Waals surface area (Å²) < 4.78 is 36.5. The summed E-state index contributed by atoms with van der Waals surface area (Å²) in [6, 6.07) is 8.97. The zero-order valence-electron chi connectivity index (χ0n) is 19.1. The second-order valence-corrected chi connectivity index (χ2v) is 9.85. The van der Waals surface area contributed by atoms with E-state index in [1.54, 1.807) is 12.1 Å². The Hall–Kier alpha value is -2.86. The van der Waals surface area contributed by atoms with E-state index >= 15 is 0 Å². The lowest BCUT2D eigenvalue weighted by Gasteiger charge is -2.34. The van der Waals surface area contributed by atoms with E-state index < -0.39 is 15.8 Å². The lowest BCUT2D eigenvalue weighted by Crippen LogP contribution is -2.48. The minimum absolute atomic E-state index is 0.0309. The molecule has 34 heavy (non-hydrogen) atoms. The molecule has 0 atom stereocenters. The maximum Gasteiger partial charge on any atom is 0.254 e. The van der Waals surface area contributed by atoms with E-state index in [0.29, 0.717) is 31.6 Å². The molecule has 0 unspecified atom stereocenters. The van der Waals surface area contributed by atoms with Crippen LogP contribution in [0.5, 0.6) is 5.75 Å². The van der Waals surface area contributed by atoms with Crippen LogP contribution in [0.1, 0.15) is 30.0 Å². The third-order valence-electron chi connectivity index (χ3n) is 5.59. The number of hydrogen-bond donors (Lipinski definition) is 3. The molecule has 0 spiro atoms. The van der Waals surface area contributed by atoms with Gasteiger partial charge in [0.05, 0.1) is 17.7 Å². The summed E-state index contributed by atoms with van der Waals surface area (Å²) in [5.41, 5.74) is 4.13. The molecule has 1 heterocycles. The quantitative estimate of drug-likeness (QED) is 0.359. The van der Waals surface area contributed by atoms with Crippen molar-refractivity contribution in [3.8, 4) is 5.75 Å². The van der Waals surface area contributed by atoms with Crippen molar-refractivity contribution in [3.63, 3.8) is 0 Å². The third-order valence-corrected chi connectivity index (χ3v) is 6.51. The van der Waals surface area contributed by atoms with Crippen molar-refractivity contribution >= 4 is 22.1 Å². The fraction of sp³-hybridized carbons (Fsp3) is 0.391. The number of aryl methyl sites for hydroxylation is 1. The van der Waals surface area contributed by atoms with Crippen LogP contribution in [0.4, 0.5) is 4.39 Å². The van der Waals surface area contributed by atoms with Gasteiger partial charge in [0, 0.05) is 38.3 Å². The molecule has 1 fully saturated rings. The number of carbonyl (C=O) groups is 1. The van der Waals surface area contributed by atoms with Gasteiger partial charge < -0.3 is 5.11 Å². The van der Waals surface area contributed by atoms with Crippen LogP contribution in [0.15, 0.2) is 46.4 Å². The Balaban J connectivity index is 1.44. The lowest BCUT2D eigenvalue weighted by atomic mass is 10.1. The number of phenolic OH excluding ortho intramolecular Hbond substituents is 1. The Morgan fingerprint density at radius 2 is 1.82 bits per heavy atom. The first-order valence-electron chi connectivity index (χ1n) is 11.1. The number of nitrogens with one attached hydrogen (secondary N) is 1. The molecule has 0 aromatic heterocycles. The SMILES string of the molecule is CCCc1cc(F)cc(/C=N\NC(=O)CN2CCN(Cc3ccc(S(N)(=O)=O)cc3)CC2)c1O. The number of piperazine rings is 1. The monoisotopic (exact) mass is 491 g/mol. The number of amides is 1. The highest BCUT2D eigenvalue weighted by Crippen LogP contribution is 2.24. The van der Waals surface area contributed by atoms with Crippen molar-refractivity contribution < 1.29 is 22.7 Å². The topological polar surface area (TPSA) is 128 Å². The van der Waals surface area contributed by atoms with Crippen LogP contribution in [0.2, 0.25) is 0 Å². The van der Waals surface area contributed by atoms with Crippen molar-refractivity contribution in [1.82, 2.24) is 15.2 Å². The van der Waals surface area contributed by atoms with Gasteiger partial charge in [-0.25, -0.2) is 23.4 Å². The number of hydrazone groups is 1. The van der Waals surface area contributed by atoms with Crippen molar-refractivity contribution in [2.75, 3.05) is 32.7 Å². The maximum absolute atomic E-state index is 13.8. The van der Waals surface area contributed by atoms with Gasteiger partial charge in [-0.15, -0.1) is 0 Å². The number of benzene rings is 2. The Morgan fingerprint density at radius 3 is 2.44 bits per heavy atom. The predicted octanol–water partition coefficient (Wildman–Crippen LogP) is 1.40. The molecular formula is C23H30FN5O4S. The molecule has 2 aromatic carbocycles. The van der Waals surface area contributed by atoms with Crippen LogP contribution in [-0.2, 0) is 27.8 Å². The number of halogens is 1. The molecular weight excluding hydrogens is 461 g/mol. The smallest absolute Gasteiger partial charge is 0.254 e. The number of aromatic hydroxyl groups is 1. The first-order chi connectivity index (χ1) is 16.2. The highest BCUT2D eigenvalue weighted by molar-refractivity contribution is 7.89. The Bertz CT molecular complexity index is 1130. The predicted molar refractivity (Wildman–Crippen MR) is 127 cm³/mol. The molecule has 0 bridgehead atoms. The van der Waals surface area contributed by atoms with Crippen LogP contribution in [0.25, 0.3) is 0 Å². The number of rotatable bonds is 9. The van der Waals surface area contributed by atoms with E-state index in [1.165, 1.54) is 30.5 Å². The fourth-order valence-corrected chi connectivity index (χ4v) is 4.31. The summed E-state index contributed by atoms with van der Waals surface area (Å²) in [6.07, 6.45) is 2.56. The molecule has 4 N–H and O–H groups in total. The number of nitrogens with zero attached hydrogens (tertiary/aromatic N) is 3. The van der Waals surface area contributed by atoms with Gasteiger partial charge in [-0.2, -0.15) is 5.10 Å². The van der Waals surface area contributed by atoms with Gasteiger partial charge in [0.15, 0.2) is 0 Å². The van der Waals surface area contributed by atoms with Crippen molar-refractivity contribution in [2.45, 2.75) is 31.2 Å². The van der Waals surface area contributed by atoms with Crippen LogP contribution in [0.3, 0.4) is 0 Å². The Labute approximate surface area is 199 Å². The van der Waals surface area contributed by atoms with E-state index in [4.69, 9.17) is 5.14 Å². The zero-order chi connectivity index (χ0) is 24.7. The normalized spacial score (nSPS) is 15.6. The largest absolute Gasteiger partial charge is 0.507 e. The van der Waals surface area contributed by atoms with Gasteiger partial charge in [0.25, 0.3) is 5.91 Å². The fourth-order valence-electron chi connectivity index (χ4n) is 3.80. The molecule has 0 aliphatic carbocycles. The highest BCUT2D eigenvalue weighted by Gasteiger charge is 2.19. The van der Waals surface area contributed by atoms with Gasteiger partial charge in [-0.3, -0.25) is 14.6 Å². The van der Waals surface area contributed by atoms with E-state index in [2.05, 4.69) is 15.4 Å². The molecule has 11 heteroatoms. The van der Waals surface area contributed by atoms with E-state index in [-0.39, 0.29) is 28.7 Å². The second-order valence-electron chi connectivity index (χ2n) is 8.29. The van der Waals surface area contributed by atoms with Gasteiger partial charge >= 0.3 is 0 Å². The molecule has 0 saturated carbocycles. The van der Waals surface area contributed by atoms with Gasteiger partial charge in [0.1, 0.15) is 11.6 Å². The summed E-state index contributed by atoms with van der Waals surface area (Å²) in [5, 5.41) is 19.2. The standard InChI is InChI=1S/C23H30FN5O4S/c1-2-3-18-12-20(24)13-19(23(18)31)14-26-27-22(30)16-29-10-8-28(9-11-29)15-17-4-6-21(7-5-17)34(25,32)33/h4-7,12-14,31H,2-3,8-11,15-16H2,1H3,(H,27,30)(H2,25,32,33)/b26-14-. The van der Waals surface area contributed by atoms with Gasteiger partial charge in [-0.1, -0.05) is 25.5 Å². The zero-order valence-corrected chi connectivity index (χ0v) is 19.9. The number of hydrogen-bond acceptors (Lipinski definition) is 7. The van der Waals surface area contributed by atoms with Crippen LogP contribution in [0, 0.1) is 5.82 Å². The Kier molecular flexibility index (Phi) is 8.72. The average Bonchev–Trinajstić information content (AvgIpc) is 2.78. The lowest BCUT2D eigenvalue weighted by molar-refractivity contribution is -0.122. The minimum atomic E-state index is -3.70. The van der Waals surface area contributed by atoms with Gasteiger partial charge in [-0.05, 0) is 41.8 Å². The number of nitrogens with two attached hydrogens (primary N) is 1. The summed E-state index contributed by atoms with van der Waals surface area (Å²) in [7, 11) is -3.70. The molecule has 9 nitrogen and oxygen atoms in total. The molecule has 1 aliphatic heterocycles. The van der Waals surface area contributed by atoms with E-state index in [0.717, 1.165) is 25.1 Å². The molecule has 184 valence electrons. The molecule has 0 radical (unpaired) electrons. The summed E-state index contributed by atoms with van der Waals surface area (Å²) in [4.78, 5) is 16.5. The van der Waals surface area contributed by atoms with E-state index in [1.807, 2.05) is 11.8 Å². The number of carbonyl (C=O) groups excluding carboxylic acids is 1. The first kappa shape index (κ1) is 25.8. The highest BCUT2D eigenvalue weighted by atomic mass is 32.2. The summed E-state index contributed by atoms with van der Waals surface area (Å²) in [6.45, 7) is 5.67. The van der Waals surface area contributed by atoms with Crippen molar-refractivity contribution in [3.05, 3.63) is 58.9 Å². The second kappa shape index (κ2) is 11.5. The number of primary sulfonamides is 1. The van der Waals surface area contributed by atoms with Crippen LogP contribution >= 0.6 is 0 Å². The molecule has 1 aliphatic rings. The first-order valence-corrected chi connectivity index (χ1v) is 12.6. The summed E-state index contributed by atoms with van der Waals surface area (Å²) in [5.74, 6) is -0.795. The third kappa shape index (κ3) is 7.32. The Morgan fingerprint density at radius 1 is 1.18 bits per heavy atom. The number of phenols is 1. The summed E-state index contributed by atoms with van der Waals surface area (Å²) >= 11 is 0. The van der Waals surface area contributed by atoms with Crippen LogP contribution < -0.4 is 10.6 Å². The molecule has 3 rings (SSSR count). The van der Waals surface area contributed by atoms with Crippen molar-refractivity contribution in [1.29, 1.82) is 0 Å². The minimum Gasteiger partial charge on any atom is -0.507 e.